The summed E-state index contributed by atoms with van der Waals surface area (Å²) in [6, 6.07) is 5.04. The number of carbonyl (C=O) groups is 1. The van der Waals surface area contributed by atoms with Gasteiger partial charge < -0.3 is 5.11 Å². The van der Waals surface area contributed by atoms with E-state index in [0.29, 0.717) is 0 Å². The number of carboxylic acids is 1. The van der Waals surface area contributed by atoms with Gasteiger partial charge in [0, 0.05) is 6.92 Å². The lowest BCUT2D eigenvalue weighted by Crippen LogP contribution is -1.78. The number of hydrogen-bond donors (Lipinski definition) is 1. The summed E-state index contributed by atoms with van der Waals surface area (Å²) in [6.07, 6.45) is 0. The normalized spacial score (nSPS) is 8.25. The van der Waals surface area contributed by atoms with Crippen molar-refractivity contribution in [3.05, 3.63) is 35.9 Å². The highest BCUT2D eigenvalue weighted by Crippen LogP contribution is 2.01. The molecular formula is C8H8F2O2. The molecule has 4 heteroatoms. The van der Waals surface area contributed by atoms with Gasteiger partial charge in [-0.3, -0.25) is 4.79 Å². The smallest absolute Gasteiger partial charge is 0.300 e. The van der Waals surface area contributed by atoms with Crippen molar-refractivity contribution in [2.45, 2.75) is 6.92 Å². The number of aliphatic carboxylic acids is 1. The van der Waals surface area contributed by atoms with Crippen LogP contribution in [0.3, 0.4) is 0 Å². The minimum Gasteiger partial charge on any atom is -0.481 e. The molecule has 0 saturated carbocycles. The molecule has 0 fully saturated rings. The third-order valence-electron chi connectivity index (χ3n) is 0.824. The minimum atomic E-state index is -0.833. The second-order valence-electron chi connectivity index (χ2n) is 1.93. The standard InChI is InChI=1S/C6H4F2.C2H4O2/c7-5-3-1-2-4-6(5)8;1-2(3)4/h1-4H;1H3,(H,3,4). The van der Waals surface area contributed by atoms with Gasteiger partial charge in [0.15, 0.2) is 11.6 Å². The maximum absolute atomic E-state index is 11.9. The van der Waals surface area contributed by atoms with Crippen LogP contribution in [0.2, 0.25) is 0 Å². The molecule has 0 bridgehead atoms. The minimum absolute atomic E-state index is 0.799. The van der Waals surface area contributed by atoms with E-state index < -0.39 is 17.6 Å². The van der Waals surface area contributed by atoms with Gasteiger partial charge in [-0.05, 0) is 12.1 Å². The Bertz CT molecular complexity index is 236. The summed E-state index contributed by atoms with van der Waals surface area (Å²) < 4.78 is 23.9. The van der Waals surface area contributed by atoms with E-state index in [2.05, 4.69) is 0 Å². The summed E-state index contributed by atoms with van der Waals surface area (Å²) in [5.74, 6) is -2.43. The van der Waals surface area contributed by atoms with E-state index in [1.807, 2.05) is 0 Å². The third-order valence-corrected chi connectivity index (χ3v) is 0.824. The monoisotopic (exact) mass is 174 g/mol. The van der Waals surface area contributed by atoms with Gasteiger partial charge >= 0.3 is 0 Å². The van der Waals surface area contributed by atoms with Gasteiger partial charge in [-0.25, -0.2) is 8.78 Å². The second kappa shape index (κ2) is 5.23. The van der Waals surface area contributed by atoms with Gasteiger partial charge in [0.25, 0.3) is 5.97 Å². The highest BCUT2D eigenvalue weighted by molar-refractivity contribution is 5.62. The van der Waals surface area contributed by atoms with E-state index in [4.69, 9.17) is 9.90 Å². The van der Waals surface area contributed by atoms with Crippen molar-refractivity contribution in [2.24, 2.45) is 0 Å². The highest BCUT2D eigenvalue weighted by Gasteiger charge is 1.93. The van der Waals surface area contributed by atoms with Crippen LogP contribution in [0.15, 0.2) is 24.3 Å². The van der Waals surface area contributed by atoms with E-state index >= 15 is 0 Å². The highest BCUT2D eigenvalue weighted by atomic mass is 19.2. The fraction of sp³-hybridized carbons (Fsp3) is 0.125. The van der Waals surface area contributed by atoms with Crippen LogP contribution in [-0.4, -0.2) is 11.1 Å². The Hall–Kier alpha value is -1.45. The molecule has 66 valence electrons. The van der Waals surface area contributed by atoms with Crippen LogP contribution >= 0.6 is 0 Å². The van der Waals surface area contributed by atoms with E-state index in [9.17, 15) is 8.78 Å². The molecule has 0 aromatic heterocycles. The fourth-order valence-corrected chi connectivity index (χ4v) is 0.439. The Morgan fingerprint density at radius 3 is 1.67 bits per heavy atom. The predicted molar refractivity (Wildman–Crippen MR) is 39.7 cm³/mol. The first kappa shape index (κ1) is 10.6. The molecule has 0 heterocycles. The summed E-state index contributed by atoms with van der Waals surface area (Å²) >= 11 is 0. The molecule has 1 N–H and O–H groups in total. The molecule has 1 aromatic rings. The lowest BCUT2D eigenvalue weighted by atomic mass is 10.3. The van der Waals surface area contributed by atoms with Gasteiger partial charge in [0.1, 0.15) is 0 Å². The van der Waals surface area contributed by atoms with Crippen LogP contribution < -0.4 is 0 Å². The van der Waals surface area contributed by atoms with E-state index in [-0.39, 0.29) is 0 Å². The Balaban J connectivity index is 0.000000261. The molecule has 0 saturated heterocycles. The molecule has 0 atom stereocenters. The molecule has 0 aliphatic rings. The third kappa shape index (κ3) is 5.34. The zero-order valence-electron chi connectivity index (χ0n) is 6.42. The molecule has 1 rings (SSSR count). The largest absolute Gasteiger partial charge is 0.481 e. The van der Waals surface area contributed by atoms with Crippen molar-refractivity contribution in [2.75, 3.05) is 0 Å². The van der Waals surface area contributed by atoms with Crippen molar-refractivity contribution in [3.63, 3.8) is 0 Å². The molecule has 1 aromatic carbocycles. The molecule has 0 radical (unpaired) electrons. The quantitative estimate of drug-likeness (QED) is 0.653. The SMILES string of the molecule is CC(=O)O.Fc1ccccc1F. The Morgan fingerprint density at radius 1 is 1.25 bits per heavy atom. The van der Waals surface area contributed by atoms with E-state index in [1.165, 1.54) is 12.1 Å². The van der Waals surface area contributed by atoms with Crippen LogP contribution in [0.5, 0.6) is 0 Å². The van der Waals surface area contributed by atoms with Crippen molar-refractivity contribution in [1.29, 1.82) is 0 Å². The van der Waals surface area contributed by atoms with Crippen LogP contribution in [-0.2, 0) is 4.79 Å². The summed E-state index contributed by atoms with van der Waals surface area (Å²) in [6.45, 7) is 1.08. The average molecular weight is 174 g/mol. The summed E-state index contributed by atoms with van der Waals surface area (Å²) in [7, 11) is 0. The molecule has 0 unspecified atom stereocenters. The lowest BCUT2D eigenvalue weighted by molar-refractivity contribution is -0.134. The Kier molecular flexibility index (Phi) is 4.60. The van der Waals surface area contributed by atoms with Crippen LogP contribution in [0.25, 0.3) is 0 Å². The van der Waals surface area contributed by atoms with Gasteiger partial charge in [0.05, 0.1) is 0 Å². The van der Waals surface area contributed by atoms with Gasteiger partial charge in [-0.2, -0.15) is 0 Å². The summed E-state index contributed by atoms with van der Waals surface area (Å²) in [4.78, 5) is 9.00. The van der Waals surface area contributed by atoms with Crippen molar-refractivity contribution in [1.82, 2.24) is 0 Å². The first-order chi connectivity index (χ1) is 5.54. The molecule has 0 amide bonds. The number of hydrogen-bond acceptors (Lipinski definition) is 1. The molecule has 0 spiro atoms. The maximum atomic E-state index is 11.9. The van der Waals surface area contributed by atoms with Gasteiger partial charge in [-0.15, -0.1) is 0 Å². The van der Waals surface area contributed by atoms with Crippen molar-refractivity contribution in [3.8, 4) is 0 Å². The van der Waals surface area contributed by atoms with Crippen molar-refractivity contribution < 1.29 is 18.7 Å². The summed E-state index contributed by atoms with van der Waals surface area (Å²) in [5, 5.41) is 7.42. The molecule has 2 nitrogen and oxygen atoms in total. The van der Waals surface area contributed by atoms with Gasteiger partial charge in [0.2, 0.25) is 0 Å². The average Bonchev–Trinajstić information content (AvgIpc) is 1.94. The Morgan fingerprint density at radius 2 is 1.50 bits per heavy atom. The maximum Gasteiger partial charge on any atom is 0.300 e. The van der Waals surface area contributed by atoms with Crippen LogP contribution in [0, 0.1) is 11.6 Å². The molecule has 0 aliphatic carbocycles. The number of halogens is 2. The zero-order valence-corrected chi connectivity index (χ0v) is 6.42. The van der Waals surface area contributed by atoms with Crippen molar-refractivity contribution >= 4 is 5.97 Å². The van der Waals surface area contributed by atoms with E-state index in [0.717, 1.165) is 19.1 Å². The lowest BCUT2D eigenvalue weighted by Gasteiger charge is -1.85. The molecule has 0 aliphatic heterocycles. The second-order valence-corrected chi connectivity index (χ2v) is 1.93. The first-order valence-electron chi connectivity index (χ1n) is 3.13. The van der Waals surface area contributed by atoms with Crippen LogP contribution in [0.1, 0.15) is 6.92 Å². The van der Waals surface area contributed by atoms with Crippen LogP contribution in [0.4, 0.5) is 8.78 Å². The fourth-order valence-electron chi connectivity index (χ4n) is 0.439. The molecule has 12 heavy (non-hydrogen) atoms. The first-order valence-corrected chi connectivity index (χ1v) is 3.13. The predicted octanol–water partition coefficient (Wildman–Crippen LogP) is 2.06. The topological polar surface area (TPSA) is 37.3 Å². The Labute approximate surface area is 68.5 Å². The zero-order chi connectivity index (χ0) is 9.56. The van der Waals surface area contributed by atoms with Gasteiger partial charge in [-0.1, -0.05) is 12.1 Å². The number of carboxylic acid groups (broad SMARTS) is 1. The summed E-state index contributed by atoms with van der Waals surface area (Å²) in [5.41, 5.74) is 0. The number of benzene rings is 1. The van der Waals surface area contributed by atoms with E-state index in [1.54, 1.807) is 0 Å². The number of rotatable bonds is 0. The molecular weight excluding hydrogens is 166 g/mol.